The van der Waals surface area contributed by atoms with Gasteiger partial charge in [-0.2, -0.15) is 0 Å². The molecule has 2 N–H and O–H groups in total. The Hall–Kier alpha value is -1.42. The fraction of sp³-hybridized carbons (Fsp3) is 0.538. The van der Waals surface area contributed by atoms with Crippen molar-refractivity contribution in [1.82, 2.24) is 0 Å². The molecule has 0 amide bonds. The predicted octanol–water partition coefficient (Wildman–Crippen LogP) is 2.33. The standard InChI is InChI=1S/C13H21NO3/c1-10(2)9-16-6-7-17-13-5-4-11(15-3)8-12(13)14/h4-5,8,10H,6-7,9,14H2,1-3H3. The normalized spacial score (nSPS) is 10.6. The van der Waals surface area contributed by atoms with Crippen molar-refractivity contribution in [3.05, 3.63) is 18.2 Å². The highest BCUT2D eigenvalue weighted by Crippen LogP contribution is 2.25. The van der Waals surface area contributed by atoms with Gasteiger partial charge in [-0.1, -0.05) is 13.8 Å². The molecular weight excluding hydrogens is 218 g/mol. The molecule has 1 aromatic rings. The van der Waals surface area contributed by atoms with Crippen molar-refractivity contribution in [2.75, 3.05) is 32.7 Å². The molecule has 0 saturated heterocycles. The maximum atomic E-state index is 5.81. The van der Waals surface area contributed by atoms with E-state index >= 15 is 0 Å². The van der Waals surface area contributed by atoms with E-state index in [0.717, 1.165) is 12.4 Å². The molecule has 0 spiro atoms. The second-order valence-corrected chi connectivity index (χ2v) is 4.22. The summed E-state index contributed by atoms with van der Waals surface area (Å²) in [5.74, 6) is 1.94. The summed E-state index contributed by atoms with van der Waals surface area (Å²) in [4.78, 5) is 0. The minimum atomic E-state index is 0.503. The average molecular weight is 239 g/mol. The second-order valence-electron chi connectivity index (χ2n) is 4.22. The summed E-state index contributed by atoms with van der Waals surface area (Å²) >= 11 is 0. The van der Waals surface area contributed by atoms with E-state index in [2.05, 4.69) is 13.8 Å². The summed E-state index contributed by atoms with van der Waals surface area (Å²) < 4.78 is 16.0. The zero-order chi connectivity index (χ0) is 12.7. The molecule has 0 bridgehead atoms. The Kier molecular flexibility index (Phi) is 5.63. The van der Waals surface area contributed by atoms with Crippen LogP contribution in [0.5, 0.6) is 11.5 Å². The first kappa shape index (κ1) is 13.6. The van der Waals surface area contributed by atoms with Crippen LogP contribution in [0.3, 0.4) is 0 Å². The van der Waals surface area contributed by atoms with Crippen LogP contribution in [0.25, 0.3) is 0 Å². The summed E-state index contributed by atoms with van der Waals surface area (Å²) in [7, 11) is 1.61. The first-order valence-corrected chi connectivity index (χ1v) is 5.77. The summed E-state index contributed by atoms with van der Waals surface area (Å²) in [6, 6.07) is 5.36. The molecule has 0 aliphatic heterocycles. The zero-order valence-electron chi connectivity index (χ0n) is 10.7. The number of benzene rings is 1. The summed E-state index contributed by atoms with van der Waals surface area (Å²) in [5, 5.41) is 0. The molecule has 4 nitrogen and oxygen atoms in total. The van der Waals surface area contributed by atoms with E-state index in [9.17, 15) is 0 Å². The lowest BCUT2D eigenvalue weighted by atomic mass is 10.2. The van der Waals surface area contributed by atoms with Crippen LogP contribution in [0.4, 0.5) is 5.69 Å². The van der Waals surface area contributed by atoms with Crippen LogP contribution in [0, 0.1) is 5.92 Å². The Bertz CT molecular complexity index is 339. The number of hydrogen-bond acceptors (Lipinski definition) is 4. The van der Waals surface area contributed by atoms with Gasteiger partial charge in [0.05, 0.1) is 19.4 Å². The highest BCUT2D eigenvalue weighted by atomic mass is 16.5. The average Bonchev–Trinajstić information content (AvgIpc) is 2.30. The topological polar surface area (TPSA) is 53.7 Å². The Morgan fingerprint density at radius 2 is 2.00 bits per heavy atom. The fourth-order valence-electron chi connectivity index (χ4n) is 1.31. The number of nitrogens with two attached hydrogens (primary N) is 1. The van der Waals surface area contributed by atoms with Crippen molar-refractivity contribution in [1.29, 1.82) is 0 Å². The molecule has 96 valence electrons. The Morgan fingerprint density at radius 1 is 1.24 bits per heavy atom. The Labute approximate surface area is 103 Å². The fourth-order valence-corrected chi connectivity index (χ4v) is 1.31. The van der Waals surface area contributed by atoms with E-state index in [1.807, 2.05) is 6.07 Å². The summed E-state index contributed by atoms with van der Waals surface area (Å²) in [6.45, 7) is 6.05. The molecule has 1 aromatic carbocycles. The molecule has 0 fully saturated rings. The minimum Gasteiger partial charge on any atom is -0.497 e. The molecular formula is C13H21NO3. The van der Waals surface area contributed by atoms with Crippen LogP contribution >= 0.6 is 0 Å². The number of ether oxygens (including phenoxy) is 3. The molecule has 0 atom stereocenters. The van der Waals surface area contributed by atoms with E-state index in [1.165, 1.54) is 0 Å². The number of anilines is 1. The number of hydrogen-bond donors (Lipinski definition) is 1. The number of rotatable bonds is 7. The molecule has 0 aliphatic carbocycles. The van der Waals surface area contributed by atoms with Crippen LogP contribution in [0.15, 0.2) is 18.2 Å². The molecule has 0 unspecified atom stereocenters. The van der Waals surface area contributed by atoms with Crippen molar-refractivity contribution in [2.24, 2.45) is 5.92 Å². The van der Waals surface area contributed by atoms with Gasteiger partial charge in [0.15, 0.2) is 0 Å². The van der Waals surface area contributed by atoms with Gasteiger partial charge in [0.2, 0.25) is 0 Å². The zero-order valence-corrected chi connectivity index (χ0v) is 10.7. The lowest BCUT2D eigenvalue weighted by molar-refractivity contribution is 0.0821. The van der Waals surface area contributed by atoms with E-state index < -0.39 is 0 Å². The van der Waals surface area contributed by atoms with Crippen LogP contribution < -0.4 is 15.2 Å². The van der Waals surface area contributed by atoms with Crippen molar-refractivity contribution in [3.8, 4) is 11.5 Å². The summed E-state index contributed by atoms with van der Waals surface area (Å²) in [6.07, 6.45) is 0. The van der Waals surface area contributed by atoms with Crippen molar-refractivity contribution < 1.29 is 14.2 Å². The summed E-state index contributed by atoms with van der Waals surface area (Å²) in [5.41, 5.74) is 6.39. The lowest BCUT2D eigenvalue weighted by Crippen LogP contribution is -2.10. The lowest BCUT2D eigenvalue weighted by Gasteiger charge is -2.11. The van der Waals surface area contributed by atoms with Gasteiger partial charge >= 0.3 is 0 Å². The highest BCUT2D eigenvalue weighted by molar-refractivity contribution is 5.56. The van der Waals surface area contributed by atoms with Crippen LogP contribution in [-0.4, -0.2) is 26.9 Å². The maximum absolute atomic E-state index is 5.81. The predicted molar refractivity (Wildman–Crippen MR) is 68.6 cm³/mol. The van der Waals surface area contributed by atoms with Crippen molar-refractivity contribution >= 4 is 5.69 Å². The molecule has 0 aromatic heterocycles. The van der Waals surface area contributed by atoms with E-state index in [0.29, 0.717) is 30.6 Å². The second kappa shape index (κ2) is 7.01. The highest BCUT2D eigenvalue weighted by Gasteiger charge is 2.02. The van der Waals surface area contributed by atoms with Gasteiger partial charge in [-0.15, -0.1) is 0 Å². The Balaban J connectivity index is 2.32. The van der Waals surface area contributed by atoms with Crippen molar-refractivity contribution in [3.63, 3.8) is 0 Å². The van der Waals surface area contributed by atoms with Gasteiger partial charge in [-0.3, -0.25) is 0 Å². The van der Waals surface area contributed by atoms with Gasteiger partial charge in [0, 0.05) is 12.7 Å². The van der Waals surface area contributed by atoms with Crippen LogP contribution in [-0.2, 0) is 4.74 Å². The molecule has 0 radical (unpaired) electrons. The smallest absolute Gasteiger partial charge is 0.142 e. The minimum absolute atomic E-state index is 0.503. The maximum Gasteiger partial charge on any atom is 0.142 e. The van der Waals surface area contributed by atoms with Gasteiger partial charge in [-0.25, -0.2) is 0 Å². The largest absolute Gasteiger partial charge is 0.497 e. The Morgan fingerprint density at radius 3 is 2.59 bits per heavy atom. The van der Waals surface area contributed by atoms with E-state index in [1.54, 1.807) is 19.2 Å². The SMILES string of the molecule is COc1ccc(OCCOCC(C)C)c(N)c1. The van der Waals surface area contributed by atoms with E-state index in [-0.39, 0.29) is 0 Å². The molecule has 0 saturated carbocycles. The van der Waals surface area contributed by atoms with Crippen LogP contribution in [0.1, 0.15) is 13.8 Å². The molecule has 17 heavy (non-hydrogen) atoms. The number of nitrogen functional groups attached to an aromatic ring is 1. The van der Waals surface area contributed by atoms with Gasteiger partial charge in [0.25, 0.3) is 0 Å². The molecule has 1 rings (SSSR count). The van der Waals surface area contributed by atoms with Gasteiger partial charge in [0.1, 0.15) is 18.1 Å². The van der Waals surface area contributed by atoms with E-state index in [4.69, 9.17) is 19.9 Å². The third-order valence-corrected chi connectivity index (χ3v) is 2.15. The first-order chi connectivity index (χ1) is 8.13. The van der Waals surface area contributed by atoms with Crippen molar-refractivity contribution in [2.45, 2.75) is 13.8 Å². The number of methoxy groups -OCH3 is 1. The molecule has 0 heterocycles. The monoisotopic (exact) mass is 239 g/mol. The quantitative estimate of drug-likeness (QED) is 0.586. The van der Waals surface area contributed by atoms with Gasteiger partial charge in [-0.05, 0) is 18.1 Å². The third-order valence-electron chi connectivity index (χ3n) is 2.15. The molecule has 0 aliphatic rings. The molecule has 4 heteroatoms. The third kappa shape index (κ3) is 4.95. The van der Waals surface area contributed by atoms with Crippen LogP contribution in [0.2, 0.25) is 0 Å². The first-order valence-electron chi connectivity index (χ1n) is 5.77. The van der Waals surface area contributed by atoms with Gasteiger partial charge < -0.3 is 19.9 Å².